The average molecular weight is 405 g/mol. The van der Waals surface area contributed by atoms with E-state index in [0.717, 1.165) is 11.3 Å². The highest BCUT2D eigenvalue weighted by Crippen LogP contribution is 2.28. The van der Waals surface area contributed by atoms with E-state index >= 15 is 0 Å². The van der Waals surface area contributed by atoms with Gasteiger partial charge in [0.25, 0.3) is 5.56 Å². The lowest BCUT2D eigenvalue weighted by atomic mass is 10.2. The van der Waals surface area contributed by atoms with Gasteiger partial charge in [0.05, 0.1) is 23.3 Å². The van der Waals surface area contributed by atoms with Crippen molar-refractivity contribution in [3.63, 3.8) is 0 Å². The van der Waals surface area contributed by atoms with Crippen LogP contribution in [0.2, 0.25) is 0 Å². The van der Waals surface area contributed by atoms with Crippen molar-refractivity contribution in [3.8, 4) is 5.69 Å². The number of benzene rings is 2. The van der Waals surface area contributed by atoms with Gasteiger partial charge in [-0.2, -0.15) is 5.10 Å². The number of hydrogen-bond donors (Lipinski definition) is 0. The Morgan fingerprint density at radius 2 is 1.66 bits per heavy atom. The van der Waals surface area contributed by atoms with Crippen molar-refractivity contribution >= 4 is 34.7 Å². The van der Waals surface area contributed by atoms with Gasteiger partial charge in [0.15, 0.2) is 5.17 Å². The van der Waals surface area contributed by atoms with E-state index in [4.69, 9.17) is 0 Å². The maximum absolute atomic E-state index is 13.2. The molecule has 146 valence electrons. The first-order chi connectivity index (χ1) is 14.1. The lowest BCUT2D eigenvalue weighted by Gasteiger charge is -2.13. The number of amides is 1. The third-order valence-electron chi connectivity index (χ3n) is 4.66. The number of thioether (sulfide) groups is 1. The second kappa shape index (κ2) is 7.92. The third kappa shape index (κ3) is 3.54. The fourth-order valence-electron chi connectivity index (χ4n) is 3.15. The number of rotatable bonds is 4. The molecule has 1 aliphatic heterocycles. The number of amidine groups is 1. The molecule has 29 heavy (non-hydrogen) atoms. The van der Waals surface area contributed by atoms with Crippen LogP contribution in [0.5, 0.6) is 0 Å². The van der Waals surface area contributed by atoms with Crippen LogP contribution in [0.4, 0.5) is 5.69 Å². The molecule has 0 unspecified atom stereocenters. The van der Waals surface area contributed by atoms with E-state index in [2.05, 4.69) is 10.2 Å². The van der Waals surface area contributed by atoms with Crippen LogP contribution >= 0.6 is 11.8 Å². The van der Waals surface area contributed by atoms with Crippen LogP contribution in [0.1, 0.15) is 11.3 Å². The van der Waals surface area contributed by atoms with Gasteiger partial charge in [-0.25, -0.2) is 9.58 Å². The van der Waals surface area contributed by atoms with E-state index in [1.54, 1.807) is 22.6 Å². The van der Waals surface area contributed by atoms with Crippen molar-refractivity contribution in [1.29, 1.82) is 0 Å². The third-order valence-corrected chi connectivity index (χ3v) is 5.58. The number of carbonyl (C=O) groups is 1. The molecule has 1 fully saturated rings. The van der Waals surface area contributed by atoms with Gasteiger partial charge in [-0.15, -0.1) is 5.10 Å². The van der Waals surface area contributed by atoms with Gasteiger partial charge < -0.3 is 0 Å². The molecular weight excluding hydrogens is 386 g/mol. The van der Waals surface area contributed by atoms with Gasteiger partial charge >= 0.3 is 0 Å². The Kier molecular flexibility index (Phi) is 5.18. The standard InChI is InChI=1S/C21H19N5O2S/c1-15-19(20(28)26(24(15)2)17-11-7-4-8-12-17)25-18(27)14-29-21(25)23-22-13-16-9-5-3-6-10-16/h3-13H,14H2,1-2H3/b22-13-,23-21+. The van der Waals surface area contributed by atoms with Gasteiger partial charge in [0, 0.05) is 7.05 Å². The van der Waals surface area contributed by atoms with Gasteiger partial charge in [-0.1, -0.05) is 60.3 Å². The average Bonchev–Trinajstić information content (AvgIpc) is 3.20. The Morgan fingerprint density at radius 3 is 2.34 bits per heavy atom. The maximum Gasteiger partial charge on any atom is 0.296 e. The number of nitrogens with zero attached hydrogens (tertiary/aromatic N) is 5. The minimum Gasteiger partial charge on any atom is -0.283 e. The smallest absolute Gasteiger partial charge is 0.283 e. The molecule has 0 atom stereocenters. The first-order valence-corrected chi connectivity index (χ1v) is 10.0. The normalized spacial score (nSPS) is 15.7. The zero-order valence-electron chi connectivity index (χ0n) is 16.0. The molecule has 1 saturated heterocycles. The molecule has 0 bridgehead atoms. The number of para-hydroxylation sites is 1. The Balaban J connectivity index is 1.75. The van der Waals surface area contributed by atoms with E-state index in [0.29, 0.717) is 16.5 Å². The van der Waals surface area contributed by atoms with Crippen LogP contribution in [0.15, 0.2) is 75.7 Å². The SMILES string of the molecule is Cc1c(N2C(=O)CS/C2=N/N=C\c2ccccc2)c(=O)n(-c2ccccc2)n1C. The summed E-state index contributed by atoms with van der Waals surface area (Å²) in [7, 11) is 1.80. The van der Waals surface area contributed by atoms with Crippen molar-refractivity contribution in [2.75, 3.05) is 10.7 Å². The Morgan fingerprint density at radius 1 is 1.00 bits per heavy atom. The first kappa shape index (κ1) is 18.9. The van der Waals surface area contributed by atoms with Crippen LogP contribution in [0, 0.1) is 6.92 Å². The molecule has 0 N–H and O–H groups in total. The van der Waals surface area contributed by atoms with E-state index in [1.807, 2.05) is 67.6 Å². The van der Waals surface area contributed by atoms with E-state index in [1.165, 1.54) is 16.7 Å². The van der Waals surface area contributed by atoms with Crippen LogP contribution in [-0.2, 0) is 11.8 Å². The van der Waals surface area contributed by atoms with Crippen LogP contribution < -0.4 is 10.5 Å². The summed E-state index contributed by atoms with van der Waals surface area (Å²) in [5.74, 6) is 0.0355. The molecule has 0 aliphatic carbocycles. The quantitative estimate of drug-likeness (QED) is 0.495. The van der Waals surface area contributed by atoms with Crippen LogP contribution in [0.25, 0.3) is 5.69 Å². The lowest BCUT2D eigenvalue weighted by Crippen LogP contribution is -2.34. The van der Waals surface area contributed by atoms with Crippen molar-refractivity contribution < 1.29 is 4.79 Å². The lowest BCUT2D eigenvalue weighted by molar-refractivity contribution is -0.115. The Labute approximate surface area is 172 Å². The van der Waals surface area contributed by atoms with Gasteiger partial charge in [-0.3, -0.25) is 14.3 Å². The molecule has 2 heterocycles. The van der Waals surface area contributed by atoms with Gasteiger partial charge in [0.2, 0.25) is 5.91 Å². The number of anilines is 1. The van der Waals surface area contributed by atoms with Crippen molar-refractivity contribution in [3.05, 3.63) is 82.3 Å². The molecule has 2 aromatic carbocycles. The molecule has 1 aromatic heterocycles. The zero-order chi connectivity index (χ0) is 20.4. The number of hydrogen-bond acceptors (Lipinski definition) is 5. The Hall–Kier alpha value is -3.39. The fourth-order valence-corrected chi connectivity index (χ4v) is 3.96. The van der Waals surface area contributed by atoms with Gasteiger partial charge in [0.1, 0.15) is 5.69 Å². The van der Waals surface area contributed by atoms with E-state index < -0.39 is 0 Å². The second-order valence-electron chi connectivity index (χ2n) is 6.47. The predicted octanol–water partition coefficient (Wildman–Crippen LogP) is 2.95. The Bertz CT molecular complexity index is 1160. The molecule has 4 rings (SSSR count). The van der Waals surface area contributed by atoms with Crippen LogP contribution in [-0.4, -0.2) is 32.4 Å². The zero-order valence-corrected chi connectivity index (χ0v) is 16.8. The highest BCUT2D eigenvalue weighted by atomic mass is 32.2. The molecular formula is C21H19N5O2S. The fraction of sp³-hybridized carbons (Fsp3) is 0.143. The topological polar surface area (TPSA) is 72.0 Å². The molecule has 3 aromatic rings. The molecule has 7 nitrogen and oxygen atoms in total. The summed E-state index contributed by atoms with van der Waals surface area (Å²) in [5, 5.41) is 8.73. The maximum atomic E-state index is 13.2. The molecule has 0 spiro atoms. The number of aromatic nitrogens is 2. The van der Waals surface area contributed by atoms with Crippen LogP contribution in [0.3, 0.4) is 0 Å². The summed E-state index contributed by atoms with van der Waals surface area (Å²) < 4.78 is 3.29. The molecule has 1 amide bonds. The summed E-state index contributed by atoms with van der Waals surface area (Å²) in [6.45, 7) is 1.82. The summed E-state index contributed by atoms with van der Waals surface area (Å²) in [6, 6.07) is 18.9. The van der Waals surface area contributed by atoms with Crippen molar-refractivity contribution in [2.24, 2.45) is 17.3 Å². The van der Waals surface area contributed by atoms with Crippen molar-refractivity contribution in [1.82, 2.24) is 9.36 Å². The summed E-state index contributed by atoms with van der Waals surface area (Å²) in [5.41, 5.74) is 2.34. The molecule has 0 radical (unpaired) electrons. The molecule has 8 heteroatoms. The van der Waals surface area contributed by atoms with E-state index in [-0.39, 0.29) is 17.2 Å². The summed E-state index contributed by atoms with van der Waals surface area (Å²) >= 11 is 1.27. The largest absolute Gasteiger partial charge is 0.296 e. The first-order valence-electron chi connectivity index (χ1n) is 9.04. The van der Waals surface area contributed by atoms with E-state index in [9.17, 15) is 9.59 Å². The van der Waals surface area contributed by atoms with Crippen molar-refractivity contribution in [2.45, 2.75) is 6.92 Å². The minimum atomic E-state index is -0.271. The highest BCUT2D eigenvalue weighted by Gasteiger charge is 2.35. The predicted molar refractivity (Wildman–Crippen MR) is 117 cm³/mol. The summed E-state index contributed by atoms with van der Waals surface area (Å²) in [4.78, 5) is 27.2. The molecule has 0 saturated carbocycles. The number of carbonyl (C=O) groups excluding carboxylic acids is 1. The minimum absolute atomic E-state index is 0.185. The second-order valence-corrected chi connectivity index (χ2v) is 7.41. The highest BCUT2D eigenvalue weighted by molar-refractivity contribution is 8.15. The summed E-state index contributed by atoms with van der Waals surface area (Å²) in [6.07, 6.45) is 1.62. The monoisotopic (exact) mass is 405 g/mol. The van der Waals surface area contributed by atoms with Gasteiger partial charge in [-0.05, 0) is 24.6 Å². The molecule has 1 aliphatic rings.